The van der Waals surface area contributed by atoms with Crippen LogP contribution in [0.2, 0.25) is 0 Å². The Kier molecular flexibility index (Phi) is 4.19. The van der Waals surface area contributed by atoms with Crippen LogP contribution >= 0.6 is 0 Å². The molecule has 0 aliphatic carbocycles. The fraction of sp³-hybridized carbons (Fsp3) is 0.571. The van der Waals surface area contributed by atoms with E-state index < -0.39 is 0 Å². The molecule has 1 fully saturated rings. The molecular formula is C14H20N6O2. The number of methoxy groups -OCH3 is 1. The van der Waals surface area contributed by atoms with E-state index in [2.05, 4.69) is 25.5 Å². The summed E-state index contributed by atoms with van der Waals surface area (Å²) in [6.45, 7) is 3.65. The van der Waals surface area contributed by atoms with Crippen molar-refractivity contribution >= 4 is 17.4 Å². The predicted molar refractivity (Wildman–Crippen MR) is 80.8 cm³/mol. The van der Waals surface area contributed by atoms with Gasteiger partial charge in [0, 0.05) is 26.2 Å². The van der Waals surface area contributed by atoms with Crippen LogP contribution in [0.5, 0.6) is 0 Å². The van der Waals surface area contributed by atoms with Crippen molar-refractivity contribution in [3.05, 3.63) is 18.0 Å². The largest absolute Gasteiger partial charge is 0.375 e. The number of fused-ring (bicyclic) bond motifs is 1. The molecule has 1 unspecified atom stereocenters. The predicted octanol–water partition coefficient (Wildman–Crippen LogP) is 0.164. The number of aromatic nitrogens is 4. The van der Waals surface area contributed by atoms with Crippen LogP contribution in [0.1, 0.15) is 18.7 Å². The van der Waals surface area contributed by atoms with Gasteiger partial charge in [-0.3, -0.25) is 4.79 Å². The number of rotatable bonds is 4. The summed E-state index contributed by atoms with van der Waals surface area (Å²) in [5.74, 6) is 1.56. The Hall–Kier alpha value is -2.22. The molecule has 8 nitrogen and oxygen atoms in total. The van der Waals surface area contributed by atoms with Gasteiger partial charge in [0.25, 0.3) is 0 Å². The van der Waals surface area contributed by atoms with Crippen molar-refractivity contribution in [1.82, 2.24) is 25.1 Å². The topological polar surface area (TPSA) is 84.6 Å². The van der Waals surface area contributed by atoms with Gasteiger partial charge in [-0.25, -0.2) is 0 Å². The summed E-state index contributed by atoms with van der Waals surface area (Å²) in [7, 11) is 1.52. The van der Waals surface area contributed by atoms with Crippen LogP contribution in [-0.4, -0.2) is 58.6 Å². The Morgan fingerprint density at radius 2 is 2.32 bits per heavy atom. The quantitative estimate of drug-likeness (QED) is 0.866. The zero-order chi connectivity index (χ0) is 15.5. The molecule has 8 heteroatoms. The molecule has 0 radical (unpaired) electrons. The third-order valence-corrected chi connectivity index (χ3v) is 3.79. The Bertz CT molecular complexity index is 670. The van der Waals surface area contributed by atoms with Gasteiger partial charge in [0.2, 0.25) is 5.91 Å². The van der Waals surface area contributed by atoms with Crippen LogP contribution in [0, 0.1) is 6.92 Å². The molecule has 0 spiro atoms. The van der Waals surface area contributed by atoms with E-state index in [1.54, 1.807) is 4.52 Å². The lowest BCUT2D eigenvalue weighted by Crippen LogP contribution is -2.48. The van der Waals surface area contributed by atoms with Gasteiger partial charge in [0.1, 0.15) is 12.4 Å². The van der Waals surface area contributed by atoms with E-state index in [1.807, 2.05) is 19.1 Å². The van der Waals surface area contributed by atoms with Gasteiger partial charge in [0.15, 0.2) is 11.5 Å². The van der Waals surface area contributed by atoms with Crippen LogP contribution in [0.3, 0.4) is 0 Å². The third kappa shape index (κ3) is 3.01. The second-order valence-corrected chi connectivity index (χ2v) is 5.49. The summed E-state index contributed by atoms with van der Waals surface area (Å²) in [6.07, 6.45) is 1.98. The number of hydrogen-bond donors (Lipinski definition) is 1. The molecule has 1 N–H and O–H groups in total. The molecule has 2 aromatic rings. The molecule has 22 heavy (non-hydrogen) atoms. The van der Waals surface area contributed by atoms with Crippen molar-refractivity contribution in [2.75, 3.05) is 31.7 Å². The van der Waals surface area contributed by atoms with E-state index in [4.69, 9.17) is 4.74 Å². The molecule has 118 valence electrons. The Balaban J connectivity index is 1.72. The minimum absolute atomic E-state index is 0.0765. The number of anilines is 1. The molecule has 2 aromatic heterocycles. The molecule has 1 aliphatic heterocycles. The first-order valence-electron chi connectivity index (χ1n) is 7.39. The van der Waals surface area contributed by atoms with Gasteiger partial charge in [-0.05, 0) is 31.9 Å². The highest BCUT2D eigenvalue weighted by Gasteiger charge is 2.22. The SMILES string of the molecule is COCC(=O)NC1CCCN(c2ccc3nnc(C)n3n2)C1. The summed E-state index contributed by atoms with van der Waals surface area (Å²) in [4.78, 5) is 13.8. The van der Waals surface area contributed by atoms with Crippen molar-refractivity contribution in [1.29, 1.82) is 0 Å². The number of hydrogen-bond acceptors (Lipinski definition) is 6. The number of nitrogens with zero attached hydrogens (tertiary/aromatic N) is 5. The fourth-order valence-corrected chi connectivity index (χ4v) is 2.76. The van der Waals surface area contributed by atoms with Crippen molar-refractivity contribution in [2.24, 2.45) is 0 Å². The first-order valence-corrected chi connectivity index (χ1v) is 7.39. The van der Waals surface area contributed by atoms with E-state index in [9.17, 15) is 4.79 Å². The summed E-state index contributed by atoms with van der Waals surface area (Å²) in [5, 5.41) is 15.6. The molecule has 0 bridgehead atoms. The Labute approximate surface area is 128 Å². The molecule has 1 saturated heterocycles. The van der Waals surface area contributed by atoms with Crippen molar-refractivity contribution < 1.29 is 9.53 Å². The average Bonchev–Trinajstić information content (AvgIpc) is 2.89. The number of nitrogens with one attached hydrogen (secondary N) is 1. The first kappa shape index (κ1) is 14.7. The van der Waals surface area contributed by atoms with Crippen LogP contribution in [0.15, 0.2) is 12.1 Å². The maximum Gasteiger partial charge on any atom is 0.246 e. The van der Waals surface area contributed by atoms with Gasteiger partial charge in [-0.15, -0.1) is 15.3 Å². The maximum atomic E-state index is 11.6. The van der Waals surface area contributed by atoms with Gasteiger partial charge >= 0.3 is 0 Å². The van der Waals surface area contributed by atoms with Crippen molar-refractivity contribution in [2.45, 2.75) is 25.8 Å². The molecule has 1 atom stereocenters. The third-order valence-electron chi connectivity index (χ3n) is 3.79. The molecule has 1 amide bonds. The number of ether oxygens (including phenoxy) is 1. The Morgan fingerprint density at radius 3 is 3.14 bits per heavy atom. The van der Waals surface area contributed by atoms with Gasteiger partial charge in [-0.2, -0.15) is 4.52 Å². The lowest BCUT2D eigenvalue weighted by atomic mass is 10.1. The summed E-state index contributed by atoms with van der Waals surface area (Å²) < 4.78 is 6.59. The van der Waals surface area contributed by atoms with Gasteiger partial charge < -0.3 is 15.0 Å². The summed E-state index contributed by atoms with van der Waals surface area (Å²) in [6, 6.07) is 3.98. The maximum absolute atomic E-state index is 11.6. The summed E-state index contributed by atoms with van der Waals surface area (Å²) in [5.41, 5.74) is 0.739. The zero-order valence-electron chi connectivity index (χ0n) is 12.8. The first-order chi connectivity index (χ1) is 10.7. The monoisotopic (exact) mass is 304 g/mol. The van der Waals surface area contributed by atoms with E-state index in [0.29, 0.717) is 0 Å². The average molecular weight is 304 g/mol. The fourth-order valence-electron chi connectivity index (χ4n) is 2.76. The number of carbonyl (C=O) groups excluding carboxylic acids is 1. The number of aryl methyl sites for hydroxylation is 1. The van der Waals surface area contributed by atoms with Gasteiger partial charge in [0.05, 0.1) is 0 Å². The minimum Gasteiger partial charge on any atom is -0.375 e. The lowest BCUT2D eigenvalue weighted by molar-refractivity contribution is -0.125. The smallest absolute Gasteiger partial charge is 0.246 e. The second-order valence-electron chi connectivity index (χ2n) is 5.49. The zero-order valence-corrected chi connectivity index (χ0v) is 12.8. The highest BCUT2D eigenvalue weighted by molar-refractivity contribution is 5.77. The molecule has 3 rings (SSSR count). The standard InChI is InChI=1S/C14H20N6O2/c1-10-16-17-12-5-6-13(18-20(10)12)19-7-3-4-11(8-19)15-14(21)9-22-2/h5-6,11H,3-4,7-9H2,1-2H3,(H,15,21). The van der Waals surface area contributed by atoms with E-state index >= 15 is 0 Å². The van der Waals surface area contributed by atoms with Crippen molar-refractivity contribution in [3.63, 3.8) is 0 Å². The molecule has 0 aromatic carbocycles. The number of amides is 1. The highest BCUT2D eigenvalue weighted by atomic mass is 16.5. The Morgan fingerprint density at radius 1 is 1.45 bits per heavy atom. The normalized spacial score (nSPS) is 18.6. The molecule has 1 aliphatic rings. The van der Waals surface area contributed by atoms with E-state index in [1.165, 1.54) is 7.11 Å². The second kappa shape index (κ2) is 6.27. The van der Waals surface area contributed by atoms with E-state index in [-0.39, 0.29) is 18.6 Å². The molecule has 0 saturated carbocycles. The van der Waals surface area contributed by atoms with Crippen LogP contribution < -0.4 is 10.2 Å². The lowest BCUT2D eigenvalue weighted by Gasteiger charge is -2.33. The molecular weight excluding hydrogens is 284 g/mol. The summed E-state index contributed by atoms with van der Waals surface area (Å²) >= 11 is 0. The molecule has 3 heterocycles. The van der Waals surface area contributed by atoms with Gasteiger partial charge in [-0.1, -0.05) is 0 Å². The highest BCUT2D eigenvalue weighted by Crippen LogP contribution is 2.18. The van der Waals surface area contributed by atoms with Crippen LogP contribution in [-0.2, 0) is 9.53 Å². The number of carbonyl (C=O) groups is 1. The number of piperidine rings is 1. The van der Waals surface area contributed by atoms with Crippen molar-refractivity contribution in [3.8, 4) is 0 Å². The minimum atomic E-state index is -0.0765. The van der Waals surface area contributed by atoms with Crippen LogP contribution in [0.25, 0.3) is 5.65 Å². The van der Waals surface area contributed by atoms with E-state index in [0.717, 1.165) is 43.2 Å². The van der Waals surface area contributed by atoms with Crippen LogP contribution in [0.4, 0.5) is 5.82 Å².